The SMILES string of the molecule is CC(Cc1cccs1)NC(=O)CC1(CC(=O)O)CCCC1. The van der Waals surface area contributed by atoms with Gasteiger partial charge in [-0.3, -0.25) is 9.59 Å². The van der Waals surface area contributed by atoms with Crippen LogP contribution in [0.4, 0.5) is 0 Å². The van der Waals surface area contributed by atoms with E-state index in [-0.39, 0.29) is 23.8 Å². The molecule has 1 unspecified atom stereocenters. The van der Waals surface area contributed by atoms with Crippen LogP contribution < -0.4 is 5.32 Å². The Morgan fingerprint density at radius 2 is 2.10 bits per heavy atom. The fourth-order valence-corrected chi connectivity index (χ4v) is 4.15. The van der Waals surface area contributed by atoms with Gasteiger partial charge in [0.1, 0.15) is 0 Å². The van der Waals surface area contributed by atoms with Crippen LogP contribution in [0.3, 0.4) is 0 Å². The highest BCUT2D eigenvalue weighted by Gasteiger charge is 2.38. The molecule has 1 aliphatic rings. The van der Waals surface area contributed by atoms with Crippen LogP contribution in [0.25, 0.3) is 0 Å². The highest BCUT2D eigenvalue weighted by molar-refractivity contribution is 7.09. The number of carboxylic acids is 1. The van der Waals surface area contributed by atoms with Gasteiger partial charge in [-0.15, -0.1) is 11.3 Å². The van der Waals surface area contributed by atoms with Gasteiger partial charge in [0.2, 0.25) is 5.91 Å². The van der Waals surface area contributed by atoms with E-state index < -0.39 is 5.97 Å². The summed E-state index contributed by atoms with van der Waals surface area (Å²) in [6.45, 7) is 2.00. The van der Waals surface area contributed by atoms with E-state index in [0.717, 1.165) is 32.1 Å². The molecule has 0 saturated heterocycles. The van der Waals surface area contributed by atoms with Crippen molar-refractivity contribution < 1.29 is 14.7 Å². The first-order valence-corrected chi connectivity index (χ1v) is 8.41. The number of amides is 1. The molecule has 5 heteroatoms. The van der Waals surface area contributed by atoms with E-state index in [1.54, 1.807) is 11.3 Å². The lowest BCUT2D eigenvalue weighted by molar-refractivity contribution is -0.140. The molecule has 116 valence electrons. The second-order valence-corrected chi connectivity index (χ2v) is 7.24. The van der Waals surface area contributed by atoms with Crippen LogP contribution in [-0.2, 0) is 16.0 Å². The van der Waals surface area contributed by atoms with Crippen molar-refractivity contribution in [2.45, 2.75) is 57.9 Å². The monoisotopic (exact) mass is 309 g/mol. The summed E-state index contributed by atoms with van der Waals surface area (Å²) in [6, 6.07) is 4.16. The van der Waals surface area contributed by atoms with Crippen molar-refractivity contribution in [2.75, 3.05) is 0 Å². The van der Waals surface area contributed by atoms with Gasteiger partial charge < -0.3 is 10.4 Å². The number of carboxylic acid groups (broad SMARTS) is 1. The third-order valence-electron chi connectivity index (χ3n) is 4.22. The van der Waals surface area contributed by atoms with Crippen molar-refractivity contribution in [3.63, 3.8) is 0 Å². The first-order chi connectivity index (χ1) is 9.99. The van der Waals surface area contributed by atoms with Crippen LogP contribution in [0.15, 0.2) is 17.5 Å². The van der Waals surface area contributed by atoms with Gasteiger partial charge in [0.25, 0.3) is 0 Å². The van der Waals surface area contributed by atoms with Crippen molar-refractivity contribution in [1.82, 2.24) is 5.32 Å². The molecule has 2 N–H and O–H groups in total. The van der Waals surface area contributed by atoms with E-state index in [0.29, 0.717) is 6.42 Å². The number of carbonyl (C=O) groups is 2. The Bertz CT molecular complexity index is 478. The normalized spacial score (nSPS) is 18.3. The molecular weight excluding hydrogens is 286 g/mol. The van der Waals surface area contributed by atoms with E-state index in [4.69, 9.17) is 5.11 Å². The summed E-state index contributed by atoms with van der Waals surface area (Å²) >= 11 is 1.69. The molecule has 0 radical (unpaired) electrons. The molecule has 1 aromatic heterocycles. The van der Waals surface area contributed by atoms with E-state index in [2.05, 4.69) is 11.4 Å². The van der Waals surface area contributed by atoms with Gasteiger partial charge in [0, 0.05) is 23.8 Å². The summed E-state index contributed by atoms with van der Waals surface area (Å²) in [5.41, 5.74) is -0.321. The molecule has 4 nitrogen and oxygen atoms in total. The largest absolute Gasteiger partial charge is 0.481 e. The van der Waals surface area contributed by atoms with Crippen molar-refractivity contribution in [2.24, 2.45) is 5.41 Å². The van der Waals surface area contributed by atoms with E-state index in [1.807, 2.05) is 18.4 Å². The minimum atomic E-state index is -0.795. The second-order valence-electron chi connectivity index (χ2n) is 6.21. The van der Waals surface area contributed by atoms with Crippen molar-refractivity contribution in [1.29, 1.82) is 0 Å². The molecule has 0 aliphatic heterocycles. The molecule has 2 rings (SSSR count). The molecule has 1 heterocycles. The topological polar surface area (TPSA) is 66.4 Å². The zero-order chi connectivity index (χ0) is 15.3. The summed E-state index contributed by atoms with van der Waals surface area (Å²) < 4.78 is 0. The number of carbonyl (C=O) groups excluding carboxylic acids is 1. The lowest BCUT2D eigenvalue weighted by atomic mass is 9.79. The Labute approximate surface area is 129 Å². The average molecular weight is 309 g/mol. The quantitative estimate of drug-likeness (QED) is 0.812. The summed E-state index contributed by atoms with van der Waals surface area (Å²) in [5.74, 6) is -0.807. The molecule has 1 aliphatic carbocycles. The van der Waals surface area contributed by atoms with Gasteiger partial charge >= 0.3 is 5.97 Å². The van der Waals surface area contributed by atoms with Crippen LogP contribution in [-0.4, -0.2) is 23.0 Å². The molecule has 1 amide bonds. The fraction of sp³-hybridized carbons (Fsp3) is 0.625. The van der Waals surface area contributed by atoms with E-state index in [1.165, 1.54) is 4.88 Å². The maximum atomic E-state index is 12.2. The van der Waals surface area contributed by atoms with Gasteiger partial charge in [0.05, 0.1) is 6.42 Å². The predicted octanol–water partition coefficient (Wildman–Crippen LogP) is 3.22. The lowest BCUT2D eigenvalue weighted by Gasteiger charge is -2.27. The number of nitrogens with one attached hydrogen (secondary N) is 1. The second kappa shape index (κ2) is 7.07. The van der Waals surface area contributed by atoms with Gasteiger partial charge in [-0.2, -0.15) is 0 Å². The third kappa shape index (κ3) is 4.84. The smallest absolute Gasteiger partial charge is 0.303 e. The highest BCUT2D eigenvalue weighted by atomic mass is 32.1. The predicted molar refractivity (Wildman–Crippen MR) is 83.4 cm³/mol. The minimum absolute atomic E-state index is 0.0118. The Kier molecular flexibility index (Phi) is 5.39. The van der Waals surface area contributed by atoms with Gasteiger partial charge in [-0.25, -0.2) is 0 Å². The van der Waals surface area contributed by atoms with Crippen LogP contribution in [0.5, 0.6) is 0 Å². The molecule has 0 aromatic carbocycles. The molecule has 1 fully saturated rings. The van der Waals surface area contributed by atoms with E-state index in [9.17, 15) is 9.59 Å². The molecular formula is C16H23NO3S. The first-order valence-electron chi connectivity index (χ1n) is 7.53. The Morgan fingerprint density at radius 1 is 1.38 bits per heavy atom. The van der Waals surface area contributed by atoms with Gasteiger partial charge in [-0.05, 0) is 36.6 Å². The third-order valence-corrected chi connectivity index (χ3v) is 5.12. The maximum Gasteiger partial charge on any atom is 0.303 e. The molecule has 1 aromatic rings. The standard InChI is InChI=1S/C16H23NO3S/c1-12(9-13-5-4-8-21-13)17-14(18)10-16(11-15(19)20)6-2-3-7-16/h4-5,8,12H,2-3,6-7,9-11H2,1H3,(H,17,18)(H,19,20). The zero-order valence-corrected chi connectivity index (χ0v) is 13.2. The molecule has 21 heavy (non-hydrogen) atoms. The first kappa shape index (κ1) is 16.0. The maximum absolute atomic E-state index is 12.2. The van der Waals surface area contributed by atoms with Crippen molar-refractivity contribution in [3.05, 3.63) is 22.4 Å². The number of aliphatic carboxylic acids is 1. The number of hydrogen-bond donors (Lipinski definition) is 2. The summed E-state index contributed by atoms with van der Waals surface area (Å²) in [5, 5.41) is 14.1. The summed E-state index contributed by atoms with van der Waals surface area (Å²) in [4.78, 5) is 24.5. The summed E-state index contributed by atoms with van der Waals surface area (Å²) in [7, 11) is 0. The van der Waals surface area contributed by atoms with E-state index >= 15 is 0 Å². The molecule has 0 bridgehead atoms. The van der Waals surface area contributed by atoms with Crippen LogP contribution >= 0.6 is 11.3 Å². The number of hydrogen-bond acceptors (Lipinski definition) is 3. The van der Waals surface area contributed by atoms with Gasteiger partial charge in [0.15, 0.2) is 0 Å². The molecule has 0 spiro atoms. The van der Waals surface area contributed by atoms with Crippen LogP contribution in [0.2, 0.25) is 0 Å². The van der Waals surface area contributed by atoms with Crippen molar-refractivity contribution in [3.8, 4) is 0 Å². The highest BCUT2D eigenvalue weighted by Crippen LogP contribution is 2.44. The summed E-state index contributed by atoms with van der Waals surface area (Å²) in [6.07, 6.45) is 5.05. The fourth-order valence-electron chi connectivity index (χ4n) is 3.31. The lowest BCUT2D eigenvalue weighted by Crippen LogP contribution is -2.37. The van der Waals surface area contributed by atoms with Crippen LogP contribution in [0, 0.1) is 5.41 Å². The Balaban J connectivity index is 1.86. The Hall–Kier alpha value is -1.36. The molecule has 1 saturated carbocycles. The van der Waals surface area contributed by atoms with Gasteiger partial charge in [-0.1, -0.05) is 18.9 Å². The van der Waals surface area contributed by atoms with Crippen molar-refractivity contribution >= 4 is 23.2 Å². The minimum Gasteiger partial charge on any atom is -0.481 e. The number of rotatable bonds is 7. The molecule has 1 atom stereocenters. The average Bonchev–Trinajstić information content (AvgIpc) is 3.00. The number of thiophene rings is 1. The van der Waals surface area contributed by atoms with Crippen LogP contribution in [0.1, 0.15) is 50.3 Å². The zero-order valence-electron chi connectivity index (χ0n) is 12.4. The Morgan fingerprint density at radius 3 is 2.67 bits per heavy atom.